The van der Waals surface area contributed by atoms with Crippen molar-refractivity contribution < 1.29 is 27.4 Å². The van der Waals surface area contributed by atoms with Gasteiger partial charge in [0.05, 0.1) is 25.3 Å². The molecular weight excluding hydrogens is 421 g/mol. The second kappa shape index (κ2) is 8.37. The van der Waals surface area contributed by atoms with Gasteiger partial charge in [-0.2, -0.15) is 13.2 Å². The van der Waals surface area contributed by atoms with Crippen molar-refractivity contribution in [3.05, 3.63) is 72.1 Å². The van der Waals surface area contributed by atoms with Gasteiger partial charge in [0.15, 0.2) is 17.2 Å². The Morgan fingerprint density at radius 2 is 1.56 bits per heavy atom. The van der Waals surface area contributed by atoms with Gasteiger partial charge in [-0.15, -0.1) is 0 Å². The first-order valence-electron chi connectivity index (χ1n) is 9.64. The highest BCUT2D eigenvalue weighted by molar-refractivity contribution is 5.88. The Balaban J connectivity index is 1.83. The average Bonchev–Trinajstić information content (AvgIpc) is 2.79. The van der Waals surface area contributed by atoms with Crippen LogP contribution in [-0.4, -0.2) is 24.2 Å². The SMILES string of the molecule is COc1cc2nccc(Oc3ccc(C)nc3-c3cccc(C(F)(F)F)c3)c2cc1OC. The van der Waals surface area contributed by atoms with E-state index in [0.717, 1.165) is 12.1 Å². The maximum Gasteiger partial charge on any atom is 0.416 e. The number of methoxy groups -OCH3 is 2. The van der Waals surface area contributed by atoms with Gasteiger partial charge in [0.1, 0.15) is 11.4 Å². The molecule has 0 saturated heterocycles. The highest BCUT2D eigenvalue weighted by Gasteiger charge is 2.30. The van der Waals surface area contributed by atoms with E-state index in [1.54, 1.807) is 49.5 Å². The molecule has 0 N–H and O–H groups in total. The van der Waals surface area contributed by atoms with E-state index in [2.05, 4.69) is 9.97 Å². The van der Waals surface area contributed by atoms with E-state index in [-0.39, 0.29) is 0 Å². The summed E-state index contributed by atoms with van der Waals surface area (Å²) in [5.74, 6) is 1.79. The van der Waals surface area contributed by atoms with E-state index in [9.17, 15) is 13.2 Å². The smallest absolute Gasteiger partial charge is 0.416 e. The summed E-state index contributed by atoms with van der Waals surface area (Å²) in [5.41, 5.74) is 1.12. The van der Waals surface area contributed by atoms with Gasteiger partial charge in [0.2, 0.25) is 0 Å². The number of alkyl halides is 3. The number of aromatic nitrogens is 2. The number of halogens is 3. The number of hydrogen-bond donors (Lipinski definition) is 0. The quantitative estimate of drug-likeness (QED) is 0.358. The summed E-state index contributed by atoms with van der Waals surface area (Å²) in [5, 5.41) is 0.653. The van der Waals surface area contributed by atoms with Crippen LogP contribution >= 0.6 is 0 Å². The lowest BCUT2D eigenvalue weighted by Gasteiger charge is -2.15. The molecule has 0 bridgehead atoms. The second-order valence-electron chi connectivity index (χ2n) is 7.01. The van der Waals surface area contributed by atoms with E-state index < -0.39 is 11.7 Å². The van der Waals surface area contributed by atoms with Crippen molar-refractivity contribution in [1.29, 1.82) is 0 Å². The number of aryl methyl sites for hydroxylation is 1. The van der Waals surface area contributed by atoms with Crippen molar-refractivity contribution >= 4 is 10.9 Å². The molecule has 5 nitrogen and oxygen atoms in total. The van der Waals surface area contributed by atoms with Crippen LogP contribution in [0.2, 0.25) is 0 Å². The maximum absolute atomic E-state index is 13.2. The van der Waals surface area contributed by atoms with Gasteiger partial charge in [0, 0.05) is 28.9 Å². The second-order valence-corrected chi connectivity index (χ2v) is 7.01. The van der Waals surface area contributed by atoms with Crippen LogP contribution in [0.5, 0.6) is 23.0 Å². The number of hydrogen-bond acceptors (Lipinski definition) is 5. The molecule has 0 saturated carbocycles. The molecule has 4 aromatic rings. The first-order chi connectivity index (χ1) is 15.3. The van der Waals surface area contributed by atoms with Crippen LogP contribution in [0.15, 0.2) is 60.8 Å². The third-order valence-corrected chi connectivity index (χ3v) is 4.89. The Morgan fingerprint density at radius 1 is 0.812 bits per heavy atom. The van der Waals surface area contributed by atoms with Gasteiger partial charge >= 0.3 is 6.18 Å². The third-order valence-electron chi connectivity index (χ3n) is 4.89. The summed E-state index contributed by atoms with van der Waals surface area (Å²) in [4.78, 5) is 8.80. The first kappa shape index (κ1) is 21.4. The minimum atomic E-state index is -4.46. The largest absolute Gasteiger partial charge is 0.493 e. The molecule has 4 rings (SSSR count). The Labute approximate surface area is 182 Å². The molecule has 2 aromatic heterocycles. The average molecular weight is 440 g/mol. The van der Waals surface area contributed by atoms with Crippen molar-refractivity contribution in [2.75, 3.05) is 14.2 Å². The van der Waals surface area contributed by atoms with Gasteiger partial charge in [-0.05, 0) is 43.3 Å². The van der Waals surface area contributed by atoms with Crippen molar-refractivity contribution in [2.24, 2.45) is 0 Å². The lowest BCUT2D eigenvalue weighted by molar-refractivity contribution is -0.137. The molecule has 2 aromatic carbocycles. The third kappa shape index (κ3) is 4.16. The van der Waals surface area contributed by atoms with Crippen LogP contribution < -0.4 is 14.2 Å². The fourth-order valence-corrected chi connectivity index (χ4v) is 3.33. The standard InChI is InChI=1S/C24H19F3N2O3/c1-14-7-8-20(23(29-14)15-5-4-6-16(11-15)24(25,26)27)32-19-9-10-28-18-13-22(31-3)21(30-2)12-17(18)19/h4-13H,1-3H3. The zero-order chi connectivity index (χ0) is 22.9. The highest BCUT2D eigenvalue weighted by atomic mass is 19.4. The number of rotatable bonds is 5. The molecule has 0 amide bonds. The molecule has 0 atom stereocenters. The molecule has 0 radical (unpaired) electrons. The lowest BCUT2D eigenvalue weighted by atomic mass is 10.1. The van der Waals surface area contributed by atoms with E-state index in [1.807, 2.05) is 0 Å². The fourth-order valence-electron chi connectivity index (χ4n) is 3.33. The van der Waals surface area contributed by atoms with Gasteiger partial charge in [-0.1, -0.05) is 12.1 Å². The van der Waals surface area contributed by atoms with Crippen LogP contribution in [0.1, 0.15) is 11.3 Å². The number of nitrogens with zero attached hydrogens (tertiary/aromatic N) is 2. The molecule has 0 spiro atoms. The summed E-state index contributed by atoms with van der Waals surface area (Å²) in [7, 11) is 3.06. The van der Waals surface area contributed by atoms with Crippen LogP contribution in [0, 0.1) is 6.92 Å². The molecule has 32 heavy (non-hydrogen) atoms. The Kier molecular flexibility index (Phi) is 5.61. The zero-order valence-corrected chi connectivity index (χ0v) is 17.5. The Morgan fingerprint density at radius 3 is 2.28 bits per heavy atom. The van der Waals surface area contributed by atoms with Gasteiger partial charge in [-0.25, -0.2) is 4.98 Å². The lowest BCUT2D eigenvalue weighted by Crippen LogP contribution is -2.05. The van der Waals surface area contributed by atoms with Gasteiger partial charge in [0.25, 0.3) is 0 Å². The van der Waals surface area contributed by atoms with Crippen molar-refractivity contribution in [2.45, 2.75) is 13.1 Å². The number of ether oxygens (including phenoxy) is 3. The number of fused-ring (bicyclic) bond motifs is 1. The molecule has 0 aliphatic carbocycles. The molecule has 0 unspecified atom stereocenters. The van der Waals surface area contributed by atoms with Crippen LogP contribution in [-0.2, 0) is 6.18 Å². The molecule has 0 aliphatic rings. The number of pyridine rings is 2. The minimum Gasteiger partial charge on any atom is -0.493 e. The van der Waals surface area contributed by atoms with E-state index in [4.69, 9.17) is 14.2 Å². The number of benzene rings is 2. The Hall–Kier alpha value is -3.81. The summed E-state index contributed by atoms with van der Waals surface area (Å²) >= 11 is 0. The maximum atomic E-state index is 13.2. The summed E-state index contributed by atoms with van der Waals surface area (Å²) in [6, 6.07) is 13.6. The molecule has 164 valence electrons. The fraction of sp³-hybridized carbons (Fsp3) is 0.167. The van der Waals surface area contributed by atoms with E-state index in [1.165, 1.54) is 20.3 Å². The van der Waals surface area contributed by atoms with Crippen LogP contribution in [0.25, 0.3) is 22.2 Å². The Bertz CT molecular complexity index is 1290. The summed E-state index contributed by atoms with van der Waals surface area (Å²) in [6.07, 6.45) is -2.88. The van der Waals surface area contributed by atoms with Gasteiger partial charge in [-0.3, -0.25) is 4.98 Å². The zero-order valence-electron chi connectivity index (χ0n) is 17.5. The van der Waals surface area contributed by atoms with Gasteiger partial charge < -0.3 is 14.2 Å². The molecule has 2 heterocycles. The predicted octanol–water partition coefficient (Wildman–Crippen LogP) is 6.43. The first-order valence-corrected chi connectivity index (χ1v) is 9.64. The summed E-state index contributed by atoms with van der Waals surface area (Å²) in [6.45, 7) is 1.76. The normalized spacial score (nSPS) is 11.4. The molecule has 0 aliphatic heterocycles. The van der Waals surface area contributed by atoms with Crippen molar-refractivity contribution in [3.8, 4) is 34.3 Å². The van der Waals surface area contributed by atoms with Crippen molar-refractivity contribution in [3.63, 3.8) is 0 Å². The molecule has 0 fully saturated rings. The van der Waals surface area contributed by atoms with Crippen LogP contribution in [0.3, 0.4) is 0 Å². The minimum absolute atomic E-state index is 0.302. The van der Waals surface area contributed by atoms with Crippen molar-refractivity contribution in [1.82, 2.24) is 9.97 Å². The van der Waals surface area contributed by atoms with E-state index in [0.29, 0.717) is 50.9 Å². The highest BCUT2D eigenvalue weighted by Crippen LogP contribution is 2.40. The topological polar surface area (TPSA) is 53.5 Å². The molecular formula is C24H19F3N2O3. The monoisotopic (exact) mass is 440 g/mol. The van der Waals surface area contributed by atoms with E-state index >= 15 is 0 Å². The molecule has 8 heteroatoms. The predicted molar refractivity (Wildman–Crippen MR) is 114 cm³/mol. The summed E-state index contributed by atoms with van der Waals surface area (Å²) < 4.78 is 56.6. The van der Waals surface area contributed by atoms with Crippen LogP contribution in [0.4, 0.5) is 13.2 Å².